The van der Waals surface area contributed by atoms with Crippen LogP contribution in [0.1, 0.15) is 33.1 Å². The van der Waals surface area contributed by atoms with E-state index in [4.69, 9.17) is 0 Å². The molecule has 1 atom stereocenters. The molecule has 1 unspecified atom stereocenters. The second kappa shape index (κ2) is 7.22. The fourth-order valence-electron chi connectivity index (χ4n) is 2.42. The van der Waals surface area contributed by atoms with Gasteiger partial charge in [0.25, 0.3) is 5.56 Å². The van der Waals surface area contributed by atoms with Gasteiger partial charge in [-0.1, -0.05) is 13.8 Å². The lowest BCUT2D eigenvalue weighted by molar-refractivity contribution is 0.462. The number of hydrogen-bond acceptors (Lipinski definition) is 4. The molecule has 1 aromatic rings. The van der Waals surface area contributed by atoms with Gasteiger partial charge in [0.2, 0.25) is 0 Å². The van der Waals surface area contributed by atoms with Gasteiger partial charge in [-0.25, -0.2) is 4.68 Å². The first-order valence-corrected chi connectivity index (χ1v) is 8.10. The molecule has 1 aromatic heterocycles. The van der Waals surface area contributed by atoms with E-state index >= 15 is 0 Å². The zero-order valence-corrected chi connectivity index (χ0v) is 13.7. The van der Waals surface area contributed by atoms with E-state index < -0.39 is 0 Å². The minimum atomic E-state index is -0.0598. The summed E-state index contributed by atoms with van der Waals surface area (Å²) in [6.07, 6.45) is 5.11. The maximum absolute atomic E-state index is 12.2. The van der Waals surface area contributed by atoms with E-state index in [9.17, 15) is 4.79 Å². The predicted molar refractivity (Wildman–Crippen MR) is 85.2 cm³/mol. The molecule has 1 aliphatic heterocycles. The summed E-state index contributed by atoms with van der Waals surface area (Å²) in [7, 11) is 0. The van der Waals surface area contributed by atoms with Gasteiger partial charge >= 0.3 is 0 Å². The zero-order chi connectivity index (χ0) is 14.5. The number of nitrogens with one attached hydrogen (secondary N) is 2. The van der Waals surface area contributed by atoms with Crippen molar-refractivity contribution < 1.29 is 0 Å². The summed E-state index contributed by atoms with van der Waals surface area (Å²) >= 11 is 3.42. The van der Waals surface area contributed by atoms with Gasteiger partial charge in [-0.3, -0.25) is 4.79 Å². The van der Waals surface area contributed by atoms with E-state index in [-0.39, 0.29) is 5.56 Å². The third-order valence-corrected chi connectivity index (χ3v) is 4.22. The molecule has 1 fully saturated rings. The first kappa shape index (κ1) is 15.5. The molecule has 1 aliphatic rings. The van der Waals surface area contributed by atoms with Crippen LogP contribution < -0.4 is 16.2 Å². The number of nitrogens with zero attached hydrogens (tertiary/aromatic N) is 2. The van der Waals surface area contributed by atoms with Crippen LogP contribution in [0.3, 0.4) is 0 Å². The van der Waals surface area contributed by atoms with E-state index in [1.165, 1.54) is 4.68 Å². The molecular weight excluding hydrogens is 320 g/mol. The second-order valence-corrected chi connectivity index (χ2v) is 6.57. The Morgan fingerprint density at radius 3 is 3.05 bits per heavy atom. The monoisotopic (exact) mass is 342 g/mol. The Morgan fingerprint density at radius 2 is 2.30 bits per heavy atom. The Bertz CT molecular complexity index is 492. The lowest BCUT2D eigenvalue weighted by atomic mass is 10.1. The Morgan fingerprint density at radius 1 is 1.50 bits per heavy atom. The van der Waals surface area contributed by atoms with Crippen molar-refractivity contribution in [3.63, 3.8) is 0 Å². The molecule has 0 radical (unpaired) electrons. The Kier molecular flexibility index (Phi) is 5.60. The Labute approximate surface area is 128 Å². The lowest BCUT2D eigenvalue weighted by Gasteiger charge is -2.18. The van der Waals surface area contributed by atoms with E-state index in [2.05, 4.69) is 45.5 Å². The summed E-state index contributed by atoms with van der Waals surface area (Å²) in [5, 5.41) is 11.1. The standard InChI is InChI=1S/C14H23BrN4O/c1-10(2)9-19-14(20)13(15)12(8-17-19)18-11-4-3-6-16-7-5-11/h8,10-11,16,18H,3-7,9H2,1-2H3. The number of rotatable bonds is 4. The first-order chi connectivity index (χ1) is 9.58. The summed E-state index contributed by atoms with van der Waals surface area (Å²) in [5.41, 5.74) is 0.748. The third kappa shape index (κ3) is 4.06. The molecule has 0 saturated carbocycles. The largest absolute Gasteiger partial charge is 0.380 e. The predicted octanol–water partition coefficient (Wildman–Crippen LogP) is 2.22. The van der Waals surface area contributed by atoms with Gasteiger partial charge in [0.05, 0.1) is 11.9 Å². The van der Waals surface area contributed by atoms with Crippen molar-refractivity contribution >= 4 is 21.6 Å². The molecular formula is C14H23BrN4O. The number of anilines is 1. The fourth-order valence-corrected chi connectivity index (χ4v) is 2.85. The number of hydrogen-bond donors (Lipinski definition) is 2. The molecule has 2 N–H and O–H groups in total. The highest BCUT2D eigenvalue weighted by Gasteiger charge is 2.15. The van der Waals surface area contributed by atoms with Crippen LogP contribution in [0.2, 0.25) is 0 Å². The quantitative estimate of drug-likeness (QED) is 0.880. The molecule has 112 valence electrons. The van der Waals surface area contributed by atoms with Crippen molar-refractivity contribution in [2.75, 3.05) is 18.4 Å². The van der Waals surface area contributed by atoms with Crippen LogP contribution in [0.5, 0.6) is 0 Å². The summed E-state index contributed by atoms with van der Waals surface area (Å²) in [4.78, 5) is 12.2. The van der Waals surface area contributed by atoms with Crippen molar-refractivity contribution in [3.05, 3.63) is 21.0 Å². The fraction of sp³-hybridized carbons (Fsp3) is 0.714. The highest BCUT2D eigenvalue weighted by Crippen LogP contribution is 2.20. The average Bonchev–Trinajstić information content (AvgIpc) is 2.66. The molecule has 5 nitrogen and oxygen atoms in total. The lowest BCUT2D eigenvalue weighted by Crippen LogP contribution is -2.28. The second-order valence-electron chi connectivity index (χ2n) is 5.78. The van der Waals surface area contributed by atoms with E-state index in [0.717, 1.165) is 38.0 Å². The van der Waals surface area contributed by atoms with Gasteiger partial charge in [0.15, 0.2) is 0 Å². The van der Waals surface area contributed by atoms with Gasteiger partial charge in [0.1, 0.15) is 4.47 Å². The molecule has 0 amide bonds. The molecule has 20 heavy (non-hydrogen) atoms. The van der Waals surface area contributed by atoms with Crippen LogP contribution in [-0.2, 0) is 6.54 Å². The van der Waals surface area contributed by atoms with Crippen molar-refractivity contribution in [1.82, 2.24) is 15.1 Å². The van der Waals surface area contributed by atoms with Crippen LogP contribution in [-0.4, -0.2) is 28.9 Å². The third-order valence-electron chi connectivity index (χ3n) is 3.46. The van der Waals surface area contributed by atoms with Gasteiger partial charge in [-0.05, 0) is 54.2 Å². The molecule has 0 aromatic carbocycles. The Balaban J connectivity index is 2.12. The van der Waals surface area contributed by atoms with E-state index in [1.807, 2.05) is 0 Å². The molecule has 6 heteroatoms. The minimum Gasteiger partial charge on any atom is -0.380 e. The number of aromatic nitrogens is 2. The van der Waals surface area contributed by atoms with Crippen LogP contribution in [0.15, 0.2) is 15.5 Å². The normalized spacial score (nSPS) is 19.9. The average molecular weight is 343 g/mol. The molecule has 0 spiro atoms. The smallest absolute Gasteiger partial charge is 0.283 e. The van der Waals surface area contributed by atoms with E-state index in [0.29, 0.717) is 23.0 Å². The maximum atomic E-state index is 12.2. The molecule has 0 bridgehead atoms. The zero-order valence-electron chi connectivity index (χ0n) is 12.2. The van der Waals surface area contributed by atoms with Crippen molar-refractivity contribution in [1.29, 1.82) is 0 Å². The van der Waals surface area contributed by atoms with Crippen LogP contribution in [0.4, 0.5) is 5.69 Å². The van der Waals surface area contributed by atoms with Crippen molar-refractivity contribution in [3.8, 4) is 0 Å². The highest BCUT2D eigenvalue weighted by atomic mass is 79.9. The highest BCUT2D eigenvalue weighted by molar-refractivity contribution is 9.10. The van der Waals surface area contributed by atoms with Gasteiger partial charge in [0, 0.05) is 12.6 Å². The summed E-state index contributed by atoms with van der Waals surface area (Å²) in [6, 6.07) is 0.406. The molecule has 1 saturated heterocycles. The first-order valence-electron chi connectivity index (χ1n) is 7.31. The topological polar surface area (TPSA) is 59.0 Å². The van der Waals surface area contributed by atoms with Gasteiger partial charge in [-0.2, -0.15) is 5.10 Å². The van der Waals surface area contributed by atoms with Crippen LogP contribution >= 0.6 is 15.9 Å². The maximum Gasteiger partial charge on any atom is 0.283 e. The summed E-state index contributed by atoms with van der Waals surface area (Å²) < 4.78 is 2.11. The number of halogens is 1. The van der Waals surface area contributed by atoms with E-state index in [1.54, 1.807) is 6.20 Å². The van der Waals surface area contributed by atoms with Crippen molar-refractivity contribution in [2.45, 2.75) is 45.7 Å². The van der Waals surface area contributed by atoms with Gasteiger partial charge in [-0.15, -0.1) is 0 Å². The molecule has 0 aliphatic carbocycles. The minimum absolute atomic E-state index is 0.0598. The van der Waals surface area contributed by atoms with Crippen molar-refractivity contribution in [2.24, 2.45) is 5.92 Å². The molecule has 2 rings (SSSR count). The van der Waals surface area contributed by atoms with Gasteiger partial charge < -0.3 is 10.6 Å². The Hall–Kier alpha value is -0.880. The van der Waals surface area contributed by atoms with Crippen LogP contribution in [0.25, 0.3) is 0 Å². The molecule has 2 heterocycles. The SMILES string of the molecule is CC(C)Cn1ncc(NC2CCCNCC2)c(Br)c1=O. The summed E-state index contributed by atoms with van der Waals surface area (Å²) in [5.74, 6) is 0.402. The summed E-state index contributed by atoms with van der Waals surface area (Å²) in [6.45, 7) is 6.89. The van der Waals surface area contributed by atoms with Crippen LogP contribution in [0, 0.1) is 5.92 Å².